The summed E-state index contributed by atoms with van der Waals surface area (Å²) in [6, 6.07) is 9.69. The van der Waals surface area contributed by atoms with Gasteiger partial charge in [0, 0.05) is 30.9 Å². The van der Waals surface area contributed by atoms with Gasteiger partial charge in [0.1, 0.15) is 0 Å². The highest BCUT2D eigenvalue weighted by molar-refractivity contribution is 7.99. The van der Waals surface area contributed by atoms with E-state index in [1.54, 1.807) is 0 Å². The Morgan fingerprint density at radius 1 is 1.32 bits per heavy atom. The Labute approximate surface area is 174 Å². The molecular formula is C22H36N4OS. The first kappa shape index (κ1) is 21.5. The molecule has 1 saturated heterocycles. The van der Waals surface area contributed by atoms with Crippen LogP contribution in [0.25, 0.3) is 0 Å². The fraction of sp³-hybridized carbons (Fsp3) is 0.682. The first-order valence-electron chi connectivity index (χ1n) is 10.7. The third kappa shape index (κ3) is 6.13. The van der Waals surface area contributed by atoms with Crippen LogP contribution < -0.4 is 10.6 Å². The molecule has 0 amide bonds. The van der Waals surface area contributed by atoms with E-state index in [1.807, 2.05) is 11.8 Å². The van der Waals surface area contributed by atoms with Crippen molar-refractivity contribution in [3.8, 4) is 0 Å². The van der Waals surface area contributed by atoms with Gasteiger partial charge in [-0.2, -0.15) is 11.8 Å². The molecule has 0 bridgehead atoms. The largest absolute Gasteiger partial charge is 0.379 e. The zero-order chi connectivity index (χ0) is 19.8. The van der Waals surface area contributed by atoms with Gasteiger partial charge in [-0.05, 0) is 44.9 Å². The number of rotatable bonds is 7. The molecule has 1 heterocycles. The molecule has 3 rings (SSSR count). The molecule has 1 aromatic rings. The zero-order valence-corrected chi connectivity index (χ0v) is 18.4. The monoisotopic (exact) mass is 404 g/mol. The first-order valence-corrected chi connectivity index (χ1v) is 11.9. The van der Waals surface area contributed by atoms with Gasteiger partial charge in [0.2, 0.25) is 0 Å². The Balaban J connectivity index is 1.71. The van der Waals surface area contributed by atoms with E-state index in [0.29, 0.717) is 12.1 Å². The summed E-state index contributed by atoms with van der Waals surface area (Å²) < 4.78 is 5.58. The van der Waals surface area contributed by atoms with Crippen LogP contribution in [0.2, 0.25) is 0 Å². The van der Waals surface area contributed by atoms with Crippen LogP contribution in [-0.4, -0.2) is 67.8 Å². The summed E-state index contributed by atoms with van der Waals surface area (Å²) in [4.78, 5) is 7.53. The van der Waals surface area contributed by atoms with Crippen molar-refractivity contribution in [1.82, 2.24) is 15.5 Å². The minimum absolute atomic E-state index is 0.293. The molecule has 0 radical (unpaired) electrons. The fourth-order valence-electron chi connectivity index (χ4n) is 4.17. The average molecular weight is 405 g/mol. The minimum Gasteiger partial charge on any atom is -0.379 e. The minimum atomic E-state index is 0.293. The SMILES string of the molecule is CCNC(=NCC(c1cccc(C)c1)N1CCOCC1)NC1CCC(SC)C1. The number of nitrogens with one attached hydrogen (secondary N) is 2. The highest BCUT2D eigenvalue weighted by Crippen LogP contribution is 2.28. The second-order valence-corrected chi connectivity index (χ2v) is 8.95. The maximum atomic E-state index is 5.58. The Hall–Kier alpha value is -1.24. The summed E-state index contributed by atoms with van der Waals surface area (Å²) in [5.41, 5.74) is 2.66. The number of hydrogen-bond acceptors (Lipinski definition) is 4. The van der Waals surface area contributed by atoms with Gasteiger partial charge in [-0.25, -0.2) is 0 Å². The van der Waals surface area contributed by atoms with Crippen molar-refractivity contribution < 1.29 is 4.74 Å². The molecule has 156 valence electrons. The van der Waals surface area contributed by atoms with Gasteiger partial charge in [-0.15, -0.1) is 0 Å². The average Bonchev–Trinajstić information content (AvgIpc) is 3.17. The molecule has 28 heavy (non-hydrogen) atoms. The molecule has 1 saturated carbocycles. The van der Waals surface area contributed by atoms with E-state index >= 15 is 0 Å². The smallest absolute Gasteiger partial charge is 0.191 e. The molecule has 6 heteroatoms. The number of thioether (sulfide) groups is 1. The predicted octanol–water partition coefficient (Wildman–Crippen LogP) is 3.21. The Morgan fingerprint density at radius 2 is 2.14 bits per heavy atom. The summed E-state index contributed by atoms with van der Waals surface area (Å²) in [7, 11) is 0. The lowest BCUT2D eigenvalue weighted by Crippen LogP contribution is -2.44. The topological polar surface area (TPSA) is 48.9 Å². The molecule has 0 aromatic heterocycles. The van der Waals surface area contributed by atoms with Gasteiger partial charge in [0.05, 0.1) is 25.8 Å². The third-order valence-electron chi connectivity index (χ3n) is 5.74. The molecule has 1 aliphatic heterocycles. The molecule has 3 unspecified atom stereocenters. The molecule has 2 fully saturated rings. The van der Waals surface area contributed by atoms with Crippen LogP contribution >= 0.6 is 11.8 Å². The van der Waals surface area contributed by atoms with Crippen LogP contribution in [0.3, 0.4) is 0 Å². The first-order chi connectivity index (χ1) is 13.7. The van der Waals surface area contributed by atoms with Crippen LogP contribution in [0.1, 0.15) is 43.4 Å². The van der Waals surface area contributed by atoms with Gasteiger partial charge >= 0.3 is 0 Å². The Bertz CT molecular complexity index is 633. The van der Waals surface area contributed by atoms with E-state index in [2.05, 4.69) is 59.9 Å². The number of aliphatic imine (C=N–C) groups is 1. The van der Waals surface area contributed by atoms with Crippen molar-refractivity contribution in [2.75, 3.05) is 45.6 Å². The molecule has 2 aliphatic rings. The van der Waals surface area contributed by atoms with Crippen molar-refractivity contribution in [1.29, 1.82) is 0 Å². The molecule has 1 aliphatic carbocycles. The van der Waals surface area contributed by atoms with E-state index in [9.17, 15) is 0 Å². The number of nitrogens with zero attached hydrogens (tertiary/aromatic N) is 2. The highest BCUT2D eigenvalue weighted by Gasteiger charge is 2.25. The normalized spacial score (nSPS) is 24.9. The quantitative estimate of drug-likeness (QED) is 0.540. The van der Waals surface area contributed by atoms with Crippen molar-refractivity contribution in [3.05, 3.63) is 35.4 Å². The molecule has 0 spiro atoms. The summed E-state index contributed by atoms with van der Waals surface area (Å²) in [5.74, 6) is 0.958. The van der Waals surface area contributed by atoms with Crippen molar-refractivity contribution in [2.24, 2.45) is 4.99 Å². The summed E-state index contributed by atoms with van der Waals surface area (Å²) in [5, 5.41) is 7.92. The second kappa shape index (κ2) is 11.1. The second-order valence-electron chi connectivity index (χ2n) is 7.81. The van der Waals surface area contributed by atoms with Crippen LogP contribution in [-0.2, 0) is 4.74 Å². The van der Waals surface area contributed by atoms with Crippen molar-refractivity contribution in [2.45, 2.75) is 50.4 Å². The number of morpholine rings is 1. The lowest BCUT2D eigenvalue weighted by molar-refractivity contribution is 0.0179. The maximum Gasteiger partial charge on any atom is 0.191 e. The lowest BCUT2D eigenvalue weighted by Gasteiger charge is -2.34. The van der Waals surface area contributed by atoms with Gasteiger partial charge < -0.3 is 15.4 Å². The molecule has 1 aromatic carbocycles. The van der Waals surface area contributed by atoms with Gasteiger partial charge in [0.25, 0.3) is 0 Å². The fourth-order valence-corrected chi connectivity index (χ4v) is 4.97. The summed E-state index contributed by atoms with van der Waals surface area (Å²) >= 11 is 1.99. The number of guanidine groups is 1. The van der Waals surface area contributed by atoms with Crippen LogP contribution in [0, 0.1) is 6.92 Å². The van der Waals surface area contributed by atoms with Crippen LogP contribution in [0.5, 0.6) is 0 Å². The van der Waals surface area contributed by atoms with Crippen molar-refractivity contribution >= 4 is 17.7 Å². The zero-order valence-electron chi connectivity index (χ0n) is 17.6. The number of aryl methyl sites for hydroxylation is 1. The van der Waals surface area contributed by atoms with E-state index in [1.165, 1.54) is 30.4 Å². The van der Waals surface area contributed by atoms with Gasteiger partial charge in [-0.1, -0.05) is 29.8 Å². The number of ether oxygens (including phenoxy) is 1. The maximum absolute atomic E-state index is 5.58. The lowest BCUT2D eigenvalue weighted by atomic mass is 10.0. The number of hydrogen-bond donors (Lipinski definition) is 2. The van der Waals surface area contributed by atoms with E-state index < -0.39 is 0 Å². The van der Waals surface area contributed by atoms with Crippen LogP contribution in [0.4, 0.5) is 0 Å². The highest BCUT2D eigenvalue weighted by atomic mass is 32.2. The number of benzene rings is 1. The predicted molar refractivity (Wildman–Crippen MR) is 120 cm³/mol. The van der Waals surface area contributed by atoms with Gasteiger partial charge in [0.15, 0.2) is 5.96 Å². The molecule has 3 atom stereocenters. The van der Waals surface area contributed by atoms with E-state index in [4.69, 9.17) is 9.73 Å². The van der Waals surface area contributed by atoms with Crippen molar-refractivity contribution in [3.63, 3.8) is 0 Å². The van der Waals surface area contributed by atoms with Gasteiger partial charge in [-0.3, -0.25) is 9.89 Å². The van der Waals surface area contributed by atoms with E-state index in [0.717, 1.165) is 50.6 Å². The van der Waals surface area contributed by atoms with Crippen LogP contribution in [0.15, 0.2) is 29.3 Å². The molecular weight excluding hydrogens is 368 g/mol. The molecule has 5 nitrogen and oxygen atoms in total. The molecule has 2 N–H and O–H groups in total. The third-order valence-corrected chi connectivity index (χ3v) is 6.83. The summed E-state index contributed by atoms with van der Waals surface area (Å²) in [6.45, 7) is 9.50. The Kier molecular flexibility index (Phi) is 8.49. The standard InChI is InChI=1S/C22H36N4OS/c1-4-23-22(25-19-8-9-20(15-19)28-3)24-16-21(26-10-12-27-13-11-26)18-7-5-6-17(2)14-18/h5-7,14,19-21H,4,8-13,15-16H2,1-3H3,(H2,23,24,25). The van der Waals surface area contributed by atoms with E-state index in [-0.39, 0.29) is 0 Å². The Morgan fingerprint density at radius 3 is 2.82 bits per heavy atom. The summed E-state index contributed by atoms with van der Waals surface area (Å²) in [6.07, 6.45) is 6.00.